The first-order chi connectivity index (χ1) is 4.67. The zero-order valence-electron chi connectivity index (χ0n) is 6.72. The normalized spacial score (nSPS) is 28.8. The third kappa shape index (κ3) is 1.31. The van der Waals surface area contributed by atoms with Gasteiger partial charge in [-0.1, -0.05) is 25.4 Å². The second kappa shape index (κ2) is 2.60. The molecule has 2 heteroatoms. The van der Waals surface area contributed by atoms with Gasteiger partial charge in [-0.25, -0.2) is 0 Å². The van der Waals surface area contributed by atoms with Crippen LogP contribution in [0.25, 0.3) is 0 Å². The number of oxime groups is 1. The minimum absolute atomic E-state index is 0.146. The van der Waals surface area contributed by atoms with E-state index in [0.29, 0.717) is 0 Å². The lowest BCUT2D eigenvalue weighted by Gasteiger charge is -2.29. The number of rotatable bonds is 0. The molecule has 58 valence electrons. The first kappa shape index (κ1) is 7.58. The Morgan fingerprint density at radius 2 is 2.10 bits per heavy atom. The molecule has 0 aromatic carbocycles. The van der Waals surface area contributed by atoms with Crippen molar-refractivity contribution in [1.82, 2.24) is 0 Å². The highest BCUT2D eigenvalue weighted by atomic mass is 16.4. The highest BCUT2D eigenvalue weighted by Crippen LogP contribution is 2.32. The van der Waals surface area contributed by atoms with Crippen molar-refractivity contribution in [2.75, 3.05) is 0 Å². The molecule has 10 heavy (non-hydrogen) atoms. The van der Waals surface area contributed by atoms with Crippen LogP contribution >= 0.6 is 0 Å². The number of nitrogens with zero attached hydrogens (tertiary/aromatic N) is 1. The topological polar surface area (TPSA) is 32.6 Å². The molecular weight excluding hydrogens is 126 g/mol. The molecular formula is C8H15NO. The maximum absolute atomic E-state index is 8.61. The molecule has 1 aliphatic rings. The van der Waals surface area contributed by atoms with Crippen LogP contribution < -0.4 is 0 Å². The first-order valence-electron chi connectivity index (χ1n) is 3.88. The summed E-state index contributed by atoms with van der Waals surface area (Å²) in [6.07, 6.45) is 4.59. The summed E-state index contributed by atoms with van der Waals surface area (Å²) >= 11 is 0. The van der Waals surface area contributed by atoms with Gasteiger partial charge >= 0.3 is 0 Å². The average molecular weight is 141 g/mol. The molecule has 0 atom stereocenters. The Labute approximate surface area is 61.9 Å². The molecule has 1 fully saturated rings. The smallest absolute Gasteiger partial charge is 0.0626 e. The maximum Gasteiger partial charge on any atom is 0.0626 e. The van der Waals surface area contributed by atoms with Gasteiger partial charge in [-0.2, -0.15) is 0 Å². The molecule has 1 saturated carbocycles. The van der Waals surface area contributed by atoms with Crippen LogP contribution in [0.1, 0.15) is 39.5 Å². The monoisotopic (exact) mass is 141 g/mol. The molecule has 0 unspecified atom stereocenters. The van der Waals surface area contributed by atoms with Gasteiger partial charge in [-0.3, -0.25) is 0 Å². The minimum atomic E-state index is 0.146. The molecule has 0 spiro atoms. The highest BCUT2D eigenvalue weighted by Gasteiger charge is 2.28. The average Bonchev–Trinajstić information content (AvgIpc) is 1.87. The second-order valence-electron chi connectivity index (χ2n) is 3.64. The molecule has 1 rings (SSSR count). The Morgan fingerprint density at radius 1 is 1.40 bits per heavy atom. The van der Waals surface area contributed by atoms with Gasteiger partial charge in [0, 0.05) is 5.41 Å². The summed E-state index contributed by atoms with van der Waals surface area (Å²) in [7, 11) is 0. The van der Waals surface area contributed by atoms with Crippen LogP contribution in [-0.4, -0.2) is 10.9 Å². The van der Waals surface area contributed by atoms with E-state index in [1.54, 1.807) is 0 Å². The Kier molecular flexibility index (Phi) is 1.97. The zero-order chi connectivity index (χ0) is 7.61. The van der Waals surface area contributed by atoms with Crippen LogP contribution in [0, 0.1) is 5.41 Å². The lowest BCUT2D eigenvalue weighted by Crippen LogP contribution is -2.27. The molecule has 0 heterocycles. The van der Waals surface area contributed by atoms with E-state index in [4.69, 9.17) is 5.21 Å². The predicted octanol–water partition coefficient (Wildman–Crippen LogP) is 2.42. The first-order valence-corrected chi connectivity index (χ1v) is 3.88. The number of hydrogen-bond donors (Lipinski definition) is 1. The summed E-state index contributed by atoms with van der Waals surface area (Å²) in [5.41, 5.74) is 1.12. The fourth-order valence-electron chi connectivity index (χ4n) is 1.53. The third-order valence-corrected chi connectivity index (χ3v) is 2.37. The van der Waals surface area contributed by atoms with Gasteiger partial charge in [0.15, 0.2) is 0 Å². The standard InChI is InChI=1S/C8H15NO/c1-8(2)6-4-3-5-7(8)9-10/h10H,3-6H2,1-2H3. The van der Waals surface area contributed by atoms with Crippen molar-refractivity contribution in [1.29, 1.82) is 0 Å². The van der Waals surface area contributed by atoms with Crippen LogP contribution in [-0.2, 0) is 0 Å². The van der Waals surface area contributed by atoms with Gasteiger partial charge in [0.2, 0.25) is 0 Å². The van der Waals surface area contributed by atoms with E-state index in [0.717, 1.165) is 18.6 Å². The van der Waals surface area contributed by atoms with Crippen LogP contribution in [0.2, 0.25) is 0 Å². The second-order valence-corrected chi connectivity index (χ2v) is 3.64. The van der Waals surface area contributed by atoms with Gasteiger partial charge in [0.25, 0.3) is 0 Å². The quantitative estimate of drug-likeness (QED) is 0.408. The van der Waals surface area contributed by atoms with E-state index >= 15 is 0 Å². The molecule has 0 radical (unpaired) electrons. The molecule has 2 nitrogen and oxygen atoms in total. The highest BCUT2D eigenvalue weighted by molar-refractivity contribution is 5.89. The summed E-state index contributed by atoms with van der Waals surface area (Å²) < 4.78 is 0. The lowest BCUT2D eigenvalue weighted by molar-refractivity contribution is 0.296. The predicted molar refractivity (Wildman–Crippen MR) is 41.5 cm³/mol. The van der Waals surface area contributed by atoms with Gasteiger partial charge < -0.3 is 5.21 Å². The molecule has 1 aliphatic carbocycles. The van der Waals surface area contributed by atoms with Gasteiger partial charge in [-0.05, 0) is 19.3 Å². The number of hydrogen-bond acceptors (Lipinski definition) is 2. The SMILES string of the molecule is CC1(C)CCCCC1=NO. The molecule has 0 bridgehead atoms. The van der Waals surface area contributed by atoms with Crippen molar-refractivity contribution in [3.63, 3.8) is 0 Å². The van der Waals surface area contributed by atoms with E-state index < -0.39 is 0 Å². The molecule has 0 aromatic rings. The molecule has 1 N–H and O–H groups in total. The fraction of sp³-hybridized carbons (Fsp3) is 0.875. The van der Waals surface area contributed by atoms with Gasteiger partial charge in [-0.15, -0.1) is 0 Å². The lowest BCUT2D eigenvalue weighted by atomic mass is 9.76. The van der Waals surface area contributed by atoms with E-state index in [9.17, 15) is 0 Å². The van der Waals surface area contributed by atoms with E-state index in [1.165, 1.54) is 12.8 Å². The van der Waals surface area contributed by atoms with Gasteiger partial charge in [0.1, 0.15) is 0 Å². The Bertz CT molecular complexity index is 149. The van der Waals surface area contributed by atoms with Crippen molar-refractivity contribution >= 4 is 5.71 Å². The molecule has 0 amide bonds. The molecule has 0 aliphatic heterocycles. The molecule has 0 saturated heterocycles. The van der Waals surface area contributed by atoms with Crippen LogP contribution in [0.5, 0.6) is 0 Å². The van der Waals surface area contributed by atoms with E-state index in [2.05, 4.69) is 19.0 Å². The third-order valence-electron chi connectivity index (χ3n) is 2.37. The van der Waals surface area contributed by atoms with E-state index in [1.807, 2.05) is 0 Å². The maximum atomic E-state index is 8.61. The van der Waals surface area contributed by atoms with Crippen LogP contribution in [0.4, 0.5) is 0 Å². The van der Waals surface area contributed by atoms with Crippen molar-refractivity contribution in [2.45, 2.75) is 39.5 Å². The summed E-state index contributed by atoms with van der Waals surface area (Å²) in [4.78, 5) is 0. The van der Waals surface area contributed by atoms with E-state index in [-0.39, 0.29) is 5.41 Å². The Hall–Kier alpha value is -0.530. The van der Waals surface area contributed by atoms with Crippen molar-refractivity contribution in [2.24, 2.45) is 10.6 Å². The van der Waals surface area contributed by atoms with Crippen molar-refractivity contribution in [3.8, 4) is 0 Å². The van der Waals surface area contributed by atoms with Gasteiger partial charge in [0.05, 0.1) is 5.71 Å². The summed E-state index contributed by atoms with van der Waals surface area (Å²) in [6, 6.07) is 0. The van der Waals surface area contributed by atoms with Crippen LogP contribution in [0.15, 0.2) is 5.16 Å². The summed E-state index contributed by atoms with van der Waals surface area (Å²) in [5.74, 6) is 0. The minimum Gasteiger partial charge on any atom is -0.411 e. The van der Waals surface area contributed by atoms with Crippen molar-refractivity contribution in [3.05, 3.63) is 0 Å². The largest absolute Gasteiger partial charge is 0.411 e. The Balaban J connectivity index is 2.70. The summed E-state index contributed by atoms with van der Waals surface area (Å²) in [6.45, 7) is 4.28. The van der Waals surface area contributed by atoms with Crippen LogP contribution in [0.3, 0.4) is 0 Å². The van der Waals surface area contributed by atoms with Crippen molar-refractivity contribution < 1.29 is 5.21 Å². The molecule has 0 aromatic heterocycles. The Morgan fingerprint density at radius 3 is 2.50 bits per heavy atom. The summed E-state index contributed by atoms with van der Waals surface area (Å²) in [5, 5.41) is 11.9. The zero-order valence-corrected chi connectivity index (χ0v) is 6.72. The fourth-order valence-corrected chi connectivity index (χ4v) is 1.53.